The Morgan fingerprint density at radius 1 is 1.29 bits per heavy atom. The molecule has 2 fully saturated rings. The quantitative estimate of drug-likeness (QED) is 0.732. The van der Waals surface area contributed by atoms with Gasteiger partial charge in [0.05, 0.1) is 0 Å². The number of hydrogen-bond donors (Lipinski definition) is 1. The highest BCUT2D eigenvalue weighted by Gasteiger charge is 2.36. The number of nitrogens with one attached hydrogen (secondary N) is 1. The molecule has 3 atom stereocenters. The molecule has 2 rings (SSSR count). The largest absolute Gasteiger partial charge is 0.381 e. The molecule has 0 bridgehead atoms. The summed E-state index contributed by atoms with van der Waals surface area (Å²) in [5.41, 5.74) is 0. The van der Waals surface area contributed by atoms with Crippen LogP contribution >= 0.6 is 0 Å². The zero-order chi connectivity index (χ0) is 9.97. The van der Waals surface area contributed by atoms with Crippen LogP contribution in [0, 0.1) is 11.8 Å². The molecule has 2 nitrogen and oxygen atoms in total. The van der Waals surface area contributed by atoms with Gasteiger partial charge in [0, 0.05) is 25.3 Å². The van der Waals surface area contributed by atoms with Crippen molar-refractivity contribution in [3.63, 3.8) is 0 Å². The van der Waals surface area contributed by atoms with Crippen molar-refractivity contribution in [1.29, 1.82) is 0 Å². The Morgan fingerprint density at radius 2 is 2.00 bits per heavy atom. The van der Waals surface area contributed by atoms with Crippen LogP contribution < -0.4 is 5.32 Å². The molecular formula is C12H23NO. The molecule has 0 spiro atoms. The molecule has 0 aromatic heterocycles. The summed E-state index contributed by atoms with van der Waals surface area (Å²) in [4.78, 5) is 0. The van der Waals surface area contributed by atoms with E-state index in [2.05, 4.69) is 19.2 Å². The molecule has 0 saturated carbocycles. The fraction of sp³-hybridized carbons (Fsp3) is 1.00. The molecule has 82 valence electrons. The minimum Gasteiger partial charge on any atom is -0.381 e. The van der Waals surface area contributed by atoms with Gasteiger partial charge in [-0.25, -0.2) is 0 Å². The molecule has 0 amide bonds. The van der Waals surface area contributed by atoms with Crippen LogP contribution in [0.2, 0.25) is 0 Å². The summed E-state index contributed by atoms with van der Waals surface area (Å²) < 4.78 is 5.43. The SMILES string of the molecule is CCC1NC(C)CC1C1CCOCC1. The summed E-state index contributed by atoms with van der Waals surface area (Å²) >= 11 is 0. The first-order valence-electron chi connectivity index (χ1n) is 6.15. The van der Waals surface area contributed by atoms with E-state index in [0.29, 0.717) is 0 Å². The molecule has 2 aliphatic rings. The highest BCUT2D eigenvalue weighted by atomic mass is 16.5. The Hall–Kier alpha value is -0.0800. The molecule has 0 aliphatic carbocycles. The number of rotatable bonds is 2. The third-order valence-corrected chi connectivity index (χ3v) is 3.95. The van der Waals surface area contributed by atoms with E-state index in [1.54, 1.807) is 0 Å². The number of ether oxygens (including phenoxy) is 1. The lowest BCUT2D eigenvalue weighted by molar-refractivity contribution is 0.0438. The van der Waals surface area contributed by atoms with Gasteiger partial charge < -0.3 is 10.1 Å². The summed E-state index contributed by atoms with van der Waals surface area (Å²) in [6.45, 7) is 6.61. The lowest BCUT2D eigenvalue weighted by Crippen LogP contribution is -2.34. The Bertz CT molecular complexity index is 177. The molecule has 2 saturated heterocycles. The van der Waals surface area contributed by atoms with E-state index in [9.17, 15) is 0 Å². The van der Waals surface area contributed by atoms with Gasteiger partial charge in [-0.2, -0.15) is 0 Å². The molecular weight excluding hydrogens is 174 g/mol. The fourth-order valence-electron chi connectivity index (χ4n) is 3.22. The second-order valence-corrected chi connectivity index (χ2v) is 4.93. The topological polar surface area (TPSA) is 21.3 Å². The zero-order valence-corrected chi connectivity index (χ0v) is 9.46. The molecule has 14 heavy (non-hydrogen) atoms. The Labute approximate surface area is 87.4 Å². The predicted molar refractivity (Wildman–Crippen MR) is 58.3 cm³/mol. The number of hydrogen-bond acceptors (Lipinski definition) is 2. The molecule has 0 radical (unpaired) electrons. The maximum Gasteiger partial charge on any atom is 0.0468 e. The summed E-state index contributed by atoms with van der Waals surface area (Å²) in [6, 6.07) is 1.50. The average molecular weight is 197 g/mol. The van der Waals surface area contributed by atoms with E-state index >= 15 is 0 Å². The summed E-state index contributed by atoms with van der Waals surface area (Å²) in [5, 5.41) is 3.71. The van der Waals surface area contributed by atoms with Gasteiger partial charge in [-0.05, 0) is 44.4 Å². The highest BCUT2D eigenvalue weighted by molar-refractivity contribution is 4.91. The van der Waals surface area contributed by atoms with Gasteiger partial charge in [0.25, 0.3) is 0 Å². The van der Waals surface area contributed by atoms with Crippen LogP contribution in [0.4, 0.5) is 0 Å². The van der Waals surface area contributed by atoms with Crippen LogP contribution in [-0.2, 0) is 4.74 Å². The fourth-order valence-corrected chi connectivity index (χ4v) is 3.22. The second-order valence-electron chi connectivity index (χ2n) is 4.93. The zero-order valence-electron chi connectivity index (χ0n) is 9.46. The van der Waals surface area contributed by atoms with Gasteiger partial charge in [-0.1, -0.05) is 6.92 Å². The normalized spacial score (nSPS) is 40.3. The van der Waals surface area contributed by atoms with Crippen LogP contribution in [0.15, 0.2) is 0 Å². The van der Waals surface area contributed by atoms with Crippen molar-refractivity contribution in [1.82, 2.24) is 5.32 Å². The first-order chi connectivity index (χ1) is 6.81. The van der Waals surface area contributed by atoms with Crippen molar-refractivity contribution >= 4 is 0 Å². The van der Waals surface area contributed by atoms with Crippen molar-refractivity contribution in [2.75, 3.05) is 13.2 Å². The standard InChI is InChI=1S/C12H23NO/c1-3-12-11(8-9(2)13-12)10-4-6-14-7-5-10/h9-13H,3-8H2,1-2H3. The van der Waals surface area contributed by atoms with E-state index in [1.807, 2.05) is 0 Å². The monoisotopic (exact) mass is 197 g/mol. The van der Waals surface area contributed by atoms with E-state index in [0.717, 1.165) is 37.1 Å². The molecule has 0 aromatic carbocycles. The van der Waals surface area contributed by atoms with Crippen LogP contribution in [-0.4, -0.2) is 25.3 Å². The first-order valence-corrected chi connectivity index (χ1v) is 6.15. The van der Waals surface area contributed by atoms with Gasteiger partial charge in [0.15, 0.2) is 0 Å². The van der Waals surface area contributed by atoms with Crippen molar-refractivity contribution in [2.45, 2.75) is 51.6 Å². The van der Waals surface area contributed by atoms with Crippen molar-refractivity contribution < 1.29 is 4.74 Å². The Balaban J connectivity index is 1.94. The summed E-state index contributed by atoms with van der Waals surface area (Å²) in [6.07, 6.45) is 5.24. The minimum atomic E-state index is 0.729. The van der Waals surface area contributed by atoms with E-state index in [-0.39, 0.29) is 0 Å². The average Bonchev–Trinajstić information content (AvgIpc) is 2.61. The molecule has 0 aromatic rings. The van der Waals surface area contributed by atoms with Crippen LogP contribution in [0.5, 0.6) is 0 Å². The molecule has 1 N–H and O–H groups in total. The first kappa shape index (κ1) is 10.4. The Morgan fingerprint density at radius 3 is 2.64 bits per heavy atom. The van der Waals surface area contributed by atoms with Crippen molar-refractivity contribution in [2.24, 2.45) is 11.8 Å². The van der Waals surface area contributed by atoms with Crippen molar-refractivity contribution in [3.8, 4) is 0 Å². The van der Waals surface area contributed by atoms with Gasteiger partial charge in [-0.3, -0.25) is 0 Å². The van der Waals surface area contributed by atoms with Gasteiger partial charge in [0.2, 0.25) is 0 Å². The van der Waals surface area contributed by atoms with Gasteiger partial charge >= 0.3 is 0 Å². The van der Waals surface area contributed by atoms with Gasteiger partial charge in [0.1, 0.15) is 0 Å². The maximum atomic E-state index is 5.43. The smallest absolute Gasteiger partial charge is 0.0468 e. The third-order valence-electron chi connectivity index (χ3n) is 3.95. The lowest BCUT2D eigenvalue weighted by Gasteiger charge is -2.30. The molecule has 2 heteroatoms. The summed E-state index contributed by atoms with van der Waals surface area (Å²) in [7, 11) is 0. The molecule has 3 unspecified atom stereocenters. The van der Waals surface area contributed by atoms with E-state index < -0.39 is 0 Å². The molecule has 2 aliphatic heterocycles. The third kappa shape index (κ3) is 2.12. The van der Waals surface area contributed by atoms with Gasteiger partial charge in [-0.15, -0.1) is 0 Å². The predicted octanol–water partition coefficient (Wildman–Crippen LogP) is 2.19. The maximum absolute atomic E-state index is 5.43. The Kier molecular flexibility index (Phi) is 3.45. The second kappa shape index (κ2) is 4.63. The minimum absolute atomic E-state index is 0.729. The van der Waals surface area contributed by atoms with Crippen LogP contribution in [0.1, 0.15) is 39.5 Å². The van der Waals surface area contributed by atoms with E-state index in [1.165, 1.54) is 25.7 Å². The summed E-state index contributed by atoms with van der Waals surface area (Å²) in [5.74, 6) is 1.84. The highest BCUT2D eigenvalue weighted by Crippen LogP contribution is 2.34. The lowest BCUT2D eigenvalue weighted by atomic mass is 9.80. The van der Waals surface area contributed by atoms with Crippen LogP contribution in [0.25, 0.3) is 0 Å². The van der Waals surface area contributed by atoms with Crippen molar-refractivity contribution in [3.05, 3.63) is 0 Å². The molecule has 2 heterocycles. The van der Waals surface area contributed by atoms with E-state index in [4.69, 9.17) is 4.74 Å². The van der Waals surface area contributed by atoms with Crippen LogP contribution in [0.3, 0.4) is 0 Å².